The minimum atomic E-state index is -0.904. The minimum absolute atomic E-state index is 0.0181. The van der Waals surface area contributed by atoms with Crippen LogP contribution in [0.4, 0.5) is 4.79 Å². The molecular weight excluding hydrogens is 248 g/mol. The molecule has 0 aromatic heterocycles. The van der Waals surface area contributed by atoms with Crippen LogP contribution in [-0.4, -0.2) is 65.8 Å². The highest BCUT2D eigenvalue weighted by Crippen LogP contribution is 2.26. The monoisotopic (exact) mass is 270 g/mol. The van der Waals surface area contributed by atoms with Gasteiger partial charge in [0.1, 0.15) is 6.04 Å². The van der Waals surface area contributed by atoms with E-state index in [1.54, 1.807) is 11.9 Å². The van der Waals surface area contributed by atoms with Gasteiger partial charge in [-0.2, -0.15) is 0 Å². The Morgan fingerprint density at radius 1 is 1.26 bits per heavy atom. The van der Waals surface area contributed by atoms with E-state index in [9.17, 15) is 14.7 Å². The third kappa shape index (κ3) is 2.83. The standard InChI is InChI=1S/C13H22N2O4/c1-9-3-6-15(11(9)12(16)17)13(18)14(2)10-4-7-19-8-5-10/h9-11H,3-8H2,1-2H3,(H,16,17). The van der Waals surface area contributed by atoms with Gasteiger partial charge in [0.25, 0.3) is 0 Å². The van der Waals surface area contributed by atoms with Crippen molar-refractivity contribution in [3.8, 4) is 0 Å². The van der Waals surface area contributed by atoms with Crippen molar-refractivity contribution in [1.29, 1.82) is 0 Å². The van der Waals surface area contributed by atoms with Gasteiger partial charge < -0.3 is 19.6 Å². The molecule has 2 unspecified atom stereocenters. The van der Waals surface area contributed by atoms with Gasteiger partial charge >= 0.3 is 12.0 Å². The summed E-state index contributed by atoms with van der Waals surface area (Å²) < 4.78 is 5.29. The maximum absolute atomic E-state index is 12.5. The molecule has 6 nitrogen and oxygen atoms in total. The number of carbonyl (C=O) groups excluding carboxylic acids is 1. The normalized spacial score (nSPS) is 28.4. The number of amides is 2. The first-order chi connectivity index (χ1) is 9.02. The number of likely N-dealkylation sites (tertiary alicyclic amines) is 1. The second-order valence-corrected chi connectivity index (χ2v) is 5.48. The molecule has 0 radical (unpaired) electrons. The van der Waals surface area contributed by atoms with E-state index in [2.05, 4.69) is 0 Å². The Bertz CT molecular complexity index is 355. The van der Waals surface area contributed by atoms with Gasteiger partial charge in [0, 0.05) is 32.8 Å². The average Bonchev–Trinajstić information content (AvgIpc) is 2.80. The predicted molar refractivity (Wildman–Crippen MR) is 68.9 cm³/mol. The molecule has 2 rings (SSSR count). The maximum atomic E-state index is 12.5. The number of urea groups is 1. The van der Waals surface area contributed by atoms with Crippen molar-refractivity contribution in [2.45, 2.75) is 38.3 Å². The lowest BCUT2D eigenvalue weighted by Crippen LogP contribution is -2.51. The molecule has 2 aliphatic heterocycles. The number of aliphatic carboxylic acids is 1. The van der Waals surface area contributed by atoms with Crippen LogP contribution < -0.4 is 0 Å². The summed E-state index contributed by atoms with van der Waals surface area (Å²) in [5, 5.41) is 9.26. The summed E-state index contributed by atoms with van der Waals surface area (Å²) in [5.74, 6) is -0.886. The summed E-state index contributed by atoms with van der Waals surface area (Å²) in [6.07, 6.45) is 2.40. The van der Waals surface area contributed by atoms with Crippen LogP contribution in [0, 0.1) is 5.92 Å². The molecule has 2 amide bonds. The van der Waals surface area contributed by atoms with Gasteiger partial charge in [-0.25, -0.2) is 9.59 Å². The first-order valence-electron chi connectivity index (χ1n) is 6.86. The van der Waals surface area contributed by atoms with Gasteiger partial charge in [0.2, 0.25) is 0 Å². The topological polar surface area (TPSA) is 70.1 Å². The van der Waals surface area contributed by atoms with E-state index in [1.165, 1.54) is 4.90 Å². The van der Waals surface area contributed by atoms with Crippen LogP contribution in [0.2, 0.25) is 0 Å². The predicted octanol–water partition coefficient (Wildman–Crippen LogP) is 1.01. The minimum Gasteiger partial charge on any atom is -0.480 e. The quantitative estimate of drug-likeness (QED) is 0.813. The van der Waals surface area contributed by atoms with Gasteiger partial charge in [-0.3, -0.25) is 0 Å². The van der Waals surface area contributed by atoms with Crippen molar-refractivity contribution in [3.63, 3.8) is 0 Å². The summed E-state index contributed by atoms with van der Waals surface area (Å²) in [6.45, 7) is 3.76. The number of rotatable bonds is 2. The molecule has 2 aliphatic rings. The molecule has 2 saturated heterocycles. The third-order valence-corrected chi connectivity index (χ3v) is 4.24. The Kier molecular flexibility index (Phi) is 4.29. The lowest BCUT2D eigenvalue weighted by molar-refractivity contribution is -0.142. The molecule has 2 heterocycles. The van der Waals surface area contributed by atoms with Crippen molar-refractivity contribution in [2.24, 2.45) is 5.92 Å². The van der Waals surface area contributed by atoms with Crippen LogP contribution in [0.15, 0.2) is 0 Å². The van der Waals surface area contributed by atoms with E-state index in [-0.39, 0.29) is 18.0 Å². The van der Waals surface area contributed by atoms with Crippen molar-refractivity contribution in [2.75, 3.05) is 26.8 Å². The third-order valence-electron chi connectivity index (χ3n) is 4.24. The Morgan fingerprint density at radius 2 is 1.89 bits per heavy atom. The van der Waals surface area contributed by atoms with Gasteiger partial charge in [-0.1, -0.05) is 6.92 Å². The number of nitrogens with zero attached hydrogens (tertiary/aromatic N) is 2. The molecule has 19 heavy (non-hydrogen) atoms. The molecule has 108 valence electrons. The molecule has 1 N–H and O–H groups in total. The molecular formula is C13H22N2O4. The van der Waals surface area contributed by atoms with E-state index >= 15 is 0 Å². The summed E-state index contributed by atoms with van der Waals surface area (Å²) in [5.41, 5.74) is 0. The number of hydrogen-bond donors (Lipinski definition) is 1. The lowest BCUT2D eigenvalue weighted by atomic mass is 10.0. The van der Waals surface area contributed by atoms with Gasteiger partial charge in [0.15, 0.2) is 0 Å². The number of carboxylic acid groups (broad SMARTS) is 1. The average molecular weight is 270 g/mol. The molecule has 0 spiro atoms. The number of carbonyl (C=O) groups is 2. The second kappa shape index (κ2) is 5.77. The van der Waals surface area contributed by atoms with Crippen LogP contribution in [0.1, 0.15) is 26.2 Å². The maximum Gasteiger partial charge on any atom is 0.326 e. The number of carboxylic acids is 1. The summed E-state index contributed by atoms with van der Waals surface area (Å²) in [7, 11) is 1.76. The fourth-order valence-electron chi connectivity index (χ4n) is 2.97. The van der Waals surface area contributed by atoms with Crippen LogP contribution in [-0.2, 0) is 9.53 Å². The molecule has 0 aromatic rings. The summed E-state index contributed by atoms with van der Waals surface area (Å²) in [4.78, 5) is 26.9. The molecule has 6 heteroatoms. The Labute approximate surface area is 113 Å². The highest BCUT2D eigenvalue weighted by atomic mass is 16.5. The fraction of sp³-hybridized carbons (Fsp3) is 0.846. The van der Waals surface area contributed by atoms with Gasteiger partial charge in [-0.15, -0.1) is 0 Å². The zero-order chi connectivity index (χ0) is 14.0. The SMILES string of the molecule is CC1CCN(C(=O)N(C)C2CCOCC2)C1C(=O)O. The van der Waals surface area contributed by atoms with Crippen LogP contribution >= 0.6 is 0 Å². The number of ether oxygens (including phenoxy) is 1. The molecule has 0 aromatic carbocycles. The van der Waals surface area contributed by atoms with Crippen LogP contribution in [0.5, 0.6) is 0 Å². The Balaban J connectivity index is 2.03. The fourth-order valence-corrected chi connectivity index (χ4v) is 2.97. The smallest absolute Gasteiger partial charge is 0.326 e. The second-order valence-electron chi connectivity index (χ2n) is 5.48. The first-order valence-corrected chi connectivity index (χ1v) is 6.86. The molecule has 0 saturated carbocycles. The summed E-state index contributed by atoms with van der Waals surface area (Å²) >= 11 is 0. The van der Waals surface area contributed by atoms with Crippen molar-refractivity contribution < 1.29 is 19.4 Å². The molecule has 0 bridgehead atoms. The van der Waals surface area contributed by atoms with E-state index in [1.807, 2.05) is 6.92 Å². The largest absolute Gasteiger partial charge is 0.480 e. The Hall–Kier alpha value is -1.30. The van der Waals surface area contributed by atoms with Crippen molar-refractivity contribution >= 4 is 12.0 Å². The van der Waals surface area contributed by atoms with Gasteiger partial charge in [0.05, 0.1) is 0 Å². The molecule has 2 atom stereocenters. The number of hydrogen-bond acceptors (Lipinski definition) is 3. The zero-order valence-electron chi connectivity index (χ0n) is 11.5. The molecule has 0 aliphatic carbocycles. The lowest BCUT2D eigenvalue weighted by Gasteiger charge is -2.35. The van der Waals surface area contributed by atoms with Gasteiger partial charge in [-0.05, 0) is 25.2 Å². The van der Waals surface area contributed by atoms with Crippen molar-refractivity contribution in [3.05, 3.63) is 0 Å². The molecule has 2 fully saturated rings. The van der Waals surface area contributed by atoms with E-state index in [0.29, 0.717) is 19.8 Å². The van der Waals surface area contributed by atoms with Crippen LogP contribution in [0.25, 0.3) is 0 Å². The van der Waals surface area contributed by atoms with E-state index < -0.39 is 12.0 Å². The van der Waals surface area contributed by atoms with Crippen molar-refractivity contribution in [1.82, 2.24) is 9.80 Å². The highest BCUT2D eigenvalue weighted by molar-refractivity contribution is 5.83. The summed E-state index contributed by atoms with van der Waals surface area (Å²) in [6, 6.07) is -0.690. The Morgan fingerprint density at radius 3 is 2.47 bits per heavy atom. The highest BCUT2D eigenvalue weighted by Gasteiger charge is 2.41. The van der Waals surface area contributed by atoms with Crippen LogP contribution in [0.3, 0.4) is 0 Å². The van der Waals surface area contributed by atoms with E-state index in [0.717, 1.165) is 19.3 Å². The first kappa shape index (κ1) is 14.1. The zero-order valence-corrected chi connectivity index (χ0v) is 11.5. The van der Waals surface area contributed by atoms with E-state index in [4.69, 9.17) is 4.74 Å².